The van der Waals surface area contributed by atoms with Gasteiger partial charge in [-0.3, -0.25) is 4.79 Å². The van der Waals surface area contributed by atoms with Gasteiger partial charge in [-0.25, -0.2) is 0 Å². The van der Waals surface area contributed by atoms with Gasteiger partial charge in [0.2, 0.25) is 5.91 Å². The molecule has 23 heavy (non-hydrogen) atoms. The third kappa shape index (κ3) is 10.8. The minimum atomic E-state index is 0.385. The van der Waals surface area contributed by atoms with Crippen molar-refractivity contribution in [3.8, 4) is 0 Å². The number of carbonyl (C=O) groups is 1. The molecule has 1 aliphatic heterocycles. The highest BCUT2D eigenvalue weighted by Gasteiger charge is 2.16. The number of hydrogen-bond acceptors (Lipinski definition) is 2. The van der Waals surface area contributed by atoms with Crippen molar-refractivity contribution in [1.82, 2.24) is 9.80 Å². The van der Waals surface area contributed by atoms with Crippen LogP contribution in [0.1, 0.15) is 90.4 Å². The van der Waals surface area contributed by atoms with Crippen molar-refractivity contribution in [2.45, 2.75) is 90.4 Å². The molecule has 1 heterocycles. The molecule has 0 spiro atoms. The van der Waals surface area contributed by atoms with Gasteiger partial charge >= 0.3 is 0 Å². The lowest BCUT2D eigenvalue weighted by atomic mass is 10.1. The summed E-state index contributed by atoms with van der Waals surface area (Å²) in [6, 6.07) is 0. The van der Waals surface area contributed by atoms with Crippen LogP contribution in [0.25, 0.3) is 0 Å². The lowest BCUT2D eigenvalue weighted by molar-refractivity contribution is -0.131. The number of amides is 1. The summed E-state index contributed by atoms with van der Waals surface area (Å²) in [5.74, 6) is 0.385. The molecule has 0 unspecified atom stereocenters. The fourth-order valence-corrected chi connectivity index (χ4v) is 3.39. The molecule has 3 nitrogen and oxygen atoms in total. The van der Waals surface area contributed by atoms with Crippen molar-refractivity contribution in [3.63, 3.8) is 0 Å². The molecule has 0 aliphatic carbocycles. The molecular weight excluding hydrogens is 284 g/mol. The highest BCUT2D eigenvalue weighted by Crippen LogP contribution is 2.13. The van der Waals surface area contributed by atoms with Crippen molar-refractivity contribution >= 4 is 5.91 Å². The molecule has 1 saturated heterocycles. The maximum atomic E-state index is 12.2. The zero-order valence-electron chi connectivity index (χ0n) is 15.8. The topological polar surface area (TPSA) is 23.6 Å². The van der Waals surface area contributed by atoms with E-state index in [2.05, 4.69) is 23.8 Å². The molecule has 0 aromatic rings. The van der Waals surface area contributed by atoms with Crippen LogP contribution in [0.15, 0.2) is 0 Å². The van der Waals surface area contributed by atoms with Gasteiger partial charge in [0.1, 0.15) is 0 Å². The first-order chi connectivity index (χ1) is 11.2. The van der Waals surface area contributed by atoms with E-state index in [1.807, 2.05) is 0 Å². The predicted molar refractivity (Wildman–Crippen MR) is 99.8 cm³/mol. The monoisotopic (exact) mass is 324 g/mol. The summed E-state index contributed by atoms with van der Waals surface area (Å²) >= 11 is 0. The smallest absolute Gasteiger partial charge is 0.222 e. The summed E-state index contributed by atoms with van der Waals surface area (Å²) in [5.41, 5.74) is 0. The molecule has 0 aromatic carbocycles. The van der Waals surface area contributed by atoms with E-state index >= 15 is 0 Å². The Kier molecular flexibility index (Phi) is 12.3. The predicted octanol–water partition coefficient (Wildman–Crippen LogP) is 4.85. The minimum Gasteiger partial charge on any atom is -0.341 e. The van der Waals surface area contributed by atoms with Crippen molar-refractivity contribution in [2.24, 2.45) is 0 Å². The molecule has 0 radical (unpaired) electrons. The average molecular weight is 325 g/mol. The Balaban J connectivity index is 1.89. The molecule has 0 saturated carbocycles. The summed E-state index contributed by atoms with van der Waals surface area (Å²) in [5, 5.41) is 0. The van der Waals surface area contributed by atoms with E-state index < -0.39 is 0 Å². The van der Waals surface area contributed by atoms with Crippen LogP contribution < -0.4 is 0 Å². The van der Waals surface area contributed by atoms with Crippen LogP contribution in [0, 0.1) is 0 Å². The number of nitrogens with zero attached hydrogens (tertiary/aromatic N) is 2. The van der Waals surface area contributed by atoms with Crippen LogP contribution >= 0.6 is 0 Å². The van der Waals surface area contributed by atoms with E-state index in [0.29, 0.717) is 5.91 Å². The van der Waals surface area contributed by atoms with Gasteiger partial charge in [0.05, 0.1) is 0 Å². The number of likely N-dealkylation sites (N-methyl/N-ethyl adjacent to an activating group) is 1. The number of carbonyl (C=O) groups excluding carboxylic acids is 1. The number of hydrogen-bond donors (Lipinski definition) is 0. The molecule has 1 aliphatic rings. The van der Waals surface area contributed by atoms with E-state index in [4.69, 9.17) is 0 Å². The molecular formula is C20H40N2O. The van der Waals surface area contributed by atoms with E-state index in [1.165, 1.54) is 64.2 Å². The standard InChI is InChI=1S/C20H40N2O/c1-3-4-5-6-7-8-9-10-11-12-13-15-20(23)22-17-14-16-21(2)18-19-22/h3-19H2,1-2H3. The summed E-state index contributed by atoms with van der Waals surface area (Å²) in [7, 11) is 2.15. The molecule has 1 fully saturated rings. The van der Waals surface area contributed by atoms with E-state index in [0.717, 1.165) is 45.4 Å². The van der Waals surface area contributed by atoms with Gasteiger partial charge in [0.15, 0.2) is 0 Å². The van der Waals surface area contributed by atoms with E-state index in [-0.39, 0.29) is 0 Å². The van der Waals surface area contributed by atoms with Crippen molar-refractivity contribution in [2.75, 3.05) is 33.2 Å². The zero-order valence-corrected chi connectivity index (χ0v) is 15.8. The summed E-state index contributed by atoms with van der Waals surface area (Å²) in [6.45, 7) is 6.32. The van der Waals surface area contributed by atoms with E-state index in [1.54, 1.807) is 0 Å². The molecule has 1 amide bonds. The van der Waals surface area contributed by atoms with Crippen LogP contribution in [0.2, 0.25) is 0 Å². The Bertz CT molecular complexity index is 293. The average Bonchev–Trinajstić information content (AvgIpc) is 2.77. The number of unbranched alkanes of at least 4 members (excludes halogenated alkanes) is 10. The lowest BCUT2D eigenvalue weighted by Gasteiger charge is -2.20. The van der Waals surface area contributed by atoms with Gasteiger partial charge < -0.3 is 9.80 Å². The van der Waals surface area contributed by atoms with Crippen LogP contribution in [0.5, 0.6) is 0 Å². The minimum absolute atomic E-state index is 0.385. The highest BCUT2D eigenvalue weighted by atomic mass is 16.2. The first kappa shape index (κ1) is 20.5. The Morgan fingerprint density at radius 2 is 1.30 bits per heavy atom. The van der Waals surface area contributed by atoms with Crippen LogP contribution in [0.4, 0.5) is 0 Å². The molecule has 0 bridgehead atoms. The summed E-state index contributed by atoms with van der Waals surface area (Å²) in [6.07, 6.45) is 16.7. The van der Waals surface area contributed by atoms with Gasteiger partial charge in [0.25, 0.3) is 0 Å². The Morgan fingerprint density at radius 1 is 0.739 bits per heavy atom. The summed E-state index contributed by atoms with van der Waals surface area (Å²) < 4.78 is 0. The van der Waals surface area contributed by atoms with Gasteiger partial charge in [-0.2, -0.15) is 0 Å². The van der Waals surface area contributed by atoms with Crippen LogP contribution in [0.3, 0.4) is 0 Å². The lowest BCUT2D eigenvalue weighted by Crippen LogP contribution is -2.34. The largest absolute Gasteiger partial charge is 0.341 e. The second kappa shape index (κ2) is 13.8. The third-order valence-corrected chi connectivity index (χ3v) is 5.07. The molecule has 0 atom stereocenters. The third-order valence-electron chi connectivity index (χ3n) is 5.07. The fourth-order valence-electron chi connectivity index (χ4n) is 3.39. The highest BCUT2D eigenvalue weighted by molar-refractivity contribution is 5.76. The zero-order chi connectivity index (χ0) is 16.8. The molecule has 1 rings (SSSR count). The number of rotatable bonds is 12. The quantitative estimate of drug-likeness (QED) is 0.479. The molecule has 136 valence electrons. The van der Waals surface area contributed by atoms with Crippen LogP contribution in [-0.2, 0) is 4.79 Å². The first-order valence-corrected chi connectivity index (χ1v) is 10.2. The SMILES string of the molecule is CCCCCCCCCCCCCC(=O)N1CCCN(C)CC1. The first-order valence-electron chi connectivity index (χ1n) is 10.2. The maximum absolute atomic E-state index is 12.2. The fraction of sp³-hybridized carbons (Fsp3) is 0.950. The van der Waals surface area contributed by atoms with Crippen molar-refractivity contribution in [1.29, 1.82) is 0 Å². The van der Waals surface area contributed by atoms with Gasteiger partial charge in [0, 0.05) is 26.1 Å². The van der Waals surface area contributed by atoms with Gasteiger partial charge in [-0.15, -0.1) is 0 Å². The Hall–Kier alpha value is -0.570. The van der Waals surface area contributed by atoms with Gasteiger partial charge in [-0.1, -0.05) is 71.1 Å². The Labute approximate surface area is 144 Å². The van der Waals surface area contributed by atoms with Crippen molar-refractivity contribution < 1.29 is 4.79 Å². The summed E-state index contributed by atoms with van der Waals surface area (Å²) in [4.78, 5) is 16.6. The van der Waals surface area contributed by atoms with Crippen LogP contribution in [-0.4, -0.2) is 48.9 Å². The van der Waals surface area contributed by atoms with E-state index in [9.17, 15) is 4.79 Å². The Morgan fingerprint density at radius 3 is 1.91 bits per heavy atom. The van der Waals surface area contributed by atoms with Gasteiger partial charge in [-0.05, 0) is 26.4 Å². The van der Waals surface area contributed by atoms with Crippen molar-refractivity contribution in [3.05, 3.63) is 0 Å². The maximum Gasteiger partial charge on any atom is 0.222 e. The second-order valence-corrected chi connectivity index (χ2v) is 7.32. The normalized spacial score (nSPS) is 16.5. The molecule has 0 aromatic heterocycles. The second-order valence-electron chi connectivity index (χ2n) is 7.32. The molecule has 0 N–H and O–H groups in total. The molecule has 3 heteroatoms.